The molecule has 2 N–H and O–H groups in total. The van der Waals surface area contributed by atoms with Gasteiger partial charge in [-0.2, -0.15) is 0 Å². The van der Waals surface area contributed by atoms with Crippen molar-refractivity contribution in [1.82, 2.24) is 10.6 Å². The van der Waals surface area contributed by atoms with E-state index in [1.165, 1.54) is 0 Å². The summed E-state index contributed by atoms with van der Waals surface area (Å²) in [6.45, 7) is 12.6. The van der Waals surface area contributed by atoms with Crippen molar-refractivity contribution in [3.8, 4) is 0 Å². The molecule has 0 aliphatic rings. The lowest BCUT2D eigenvalue weighted by Gasteiger charge is -2.07. The van der Waals surface area contributed by atoms with Gasteiger partial charge in [0.05, 0.1) is 19.8 Å². The van der Waals surface area contributed by atoms with Crippen molar-refractivity contribution in [3.63, 3.8) is 0 Å². The third-order valence-electron chi connectivity index (χ3n) is 3.18. The molecule has 0 aliphatic carbocycles. The molecule has 0 fully saturated rings. The van der Waals surface area contributed by atoms with Gasteiger partial charge in [0.2, 0.25) is 0 Å². The van der Waals surface area contributed by atoms with E-state index in [1.54, 1.807) is 10.8 Å². The molecule has 0 radical (unpaired) electrons. The normalized spacial score (nSPS) is 11.5. The molecule has 0 aromatic rings. The van der Waals surface area contributed by atoms with Crippen molar-refractivity contribution in [2.75, 3.05) is 51.1 Å². The van der Waals surface area contributed by atoms with Crippen molar-refractivity contribution >= 4 is 27.4 Å². The fraction of sp³-hybridized carbons (Fsp3) is 0.850. The van der Waals surface area contributed by atoms with E-state index in [2.05, 4.69) is 44.4 Å². The smallest absolute Gasteiger partial charge is 0.146 e. The number of ether oxygens (including phenoxy) is 2. The number of nitrogens with one attached hydrogen (secondary N) is 2. The Morgan fingerprint density at radius 2 is 1.85 bits per heavy atom. The number of rotatable bonds is 19. The van der Waals surface area contributed by atoms with Gasteiger partial charge in [0, 0.05) is 37.9 Å². The van der Waals surface area contributed by atoms with Crippen LogP contribution in [0.15, 0.2) is 12.2 Å². The van der Waals surface area contributed by atoms with Crippen LogP contribution in [-0.2, 0) is 14.3 Å². The lowest BCUT2D eigenvalue weighted by atomic mass is 10.2. The fourth-order valence-electron chi connectivity index (χ4n) is 1.89. The quantitative estimate of drug-likeness (QED) is 0.140. The number of carbonyl (C=O) groups excluding carboxylic acids is 1. The number of Topliss-reactive ketones (excluding diaryl/α,β-unsaturated/α-hetero) is 1. The van der Waals surface area contributed by atoms with Gasteiger partial charge in [0.25, 0.3) is 0 Å². The predicted molar refractivity (Wildman–Crippen MR) is 123 cm³/mol. The van der Waals surface area contributed by atoms with E-state index in [0.29, 0.717) is 57.2 Å². The highest BCUT2D eigenvalue weighted by Crippen LogP contribution is 2.20. The zero-order chi connectivity index (χ0) is 19.5. The maximum absolute atomic E-state index is 11.7. The SMILES string of the molecule is C.CC(C)/C=C/COCCNCC(=O)CCCOCSSCCNC(C)C. The molecule has 0 aromatic carbocycles. The lowest BCUT2D eigenvalue weighted by Crippen LogP contribution is -2.26. The van der Waals surface area contributed by atoms with E-state index < -0.39 is 0 Å². The zero-order valence-corrected chi connectivity index (χ0v) is 18.6. The number of allylic oxidation sites excluding steroid dienone is 1. The summed E-state index contributed by atoms with van der Waals surface area (Å²) in [6.07, 6.45) is 5.52. The second kappa shape index (κ2) is 22.2. The summed E-state index contributed by atoms with van der Waals surface area (Å²) in [5.74, 6) is 2.55. The first-order valence-corrected chi connectivity index (χ1v) is 12.0. The Bertz CT molecular complexity index is 354. The summed E-state index contributed by atoms with van der Waals surface area (Å²) < 4.78 is 11.0. The van der Waals surface area contributed by atoms with Gasteiger partial charge in [-0.25, -0.2) is 0 Å². The number of carbonyl (C=O) groups is 1. The molecule has 0 heterocycles. The third kappa shape index (κ3) is 25.9. The Kier molecular flexibility index (Phi) is 24.0. The minimum Gasteiger partial charge on any atom is -0.376 e. The van der Waals surface area contributed by atoms with Gasteiger partial charge in [-0.3, -0.25) is 4.79 Å². The van der Waals surface area contributed by atoms with Crippen LogP contribution in [-0.4, -0.2) is 63.0 Å². The van der Waals surface area contributed by atoms with Crippen LogP contribution in [0.5, 0.6) is 0 Å². The number of hydrogen-bond acceptors (Lipinski definition) is 7. The summed E-state index contributed by atoms with van der Waals surface area (Å²) in [4.78, 5) is 11.7. The van der Waals surface area contributed by atoms with Crippen LogP contribution in [0.2, 0.25) is 0 Å². The molecule has 0 aromatic heterocycles. The van der Waals surface area contributed by atoms with Crippen molar-refractivity contribution in [3.05, 3.63) is 12.2 Å². The molecule has 5 nitrogen and oxygen atoms in total. The highest BCUT2D eigenvalue weighted by atomic mass is 33.1. The van der Waals surface area contributed by atoms with E-state index in [0.717, 1.165) is 18.7 Å². The van der Waals surface area contributed by atoms with Crippen LogP contribution in [0.1, 0.15) is 48.0 Å². The molecule has 0 spiro atoms. The second-order valence-electron chi connectivity index (χ2n) is 6.64. The largest absolute Gasteiger partial charge is 0.376 e. The molecule has 0 saturated heterocycles. The first-order chi connectivity index (χ1) is 12.5. The standard InChI is InChI=1S/C19H38N2O3S2.CH4/c1-17(2)7-5-11-23-13-9-20-15-19(22)8-6-12-24-16-26-25-14-10-21-18(3)4;/h5,7,17-18,20-21H,6,8-16H2,1-4H3;1H4/b7-5+;. The van der Waals surface area contributed by atoms with Gasteiger partial charge in [0.1, 0.15) is 11.7 Å². The summed E-state index contributed by atoms with van der Waals surface area (Å²) in [5, 5.41) is 6.50. The summed E-state index contributed by atoms with van der Waals surface area (Å²) >= 11 is 0. The molecule has 0 saturated carbocycles. The lowest BCUT2D eigenvalue weighted by molar-refractivity contribution is -0.118. The number of hydrogen-bond donors (Lipinski definition) is 2. The van der Waals surface area contributed by atoms with Crippen LogP contribution in [0.4, 0.5) is 0 Å². The Morgan fingerprint density at radius 3 is 2.56 bits per heavy atom. The molecular formula is C20H42N2O3S2. The molecule has 0 rings (SSSR count). The molecule has 0 atom stereocenters. The van der Waals surface area contributed by atoms with Crippen LogP contribution in [0, 0.1) is 5.92 Å². The molecule has 7 heteroatoms. The van der Waals surface area contributed by atoms with Gasteiger partial charge < -0.3 is 20.1 Å². The van der Waals surface area contributed by atoms with Crippen LogP contribution in [0.25, 0.3) is 0 Å². The Labute approximate surface area is 175 Å². The summed E-state index contributed by atoms with van der Waals surface area (Å²) in [5.41, 5.74) is 0. The second-order valence-corrected chi connectivity index (χ2v) is 9.17. The summed E-state index contributed by atoms with van der Waals surface area (Å²) in [7, 11) is 3.55. The van der Waals surface area contributed by atoms with Crippen molar-refractivity contribution in [2.45, 2.75) is 54.0 Å². The highest BCUT2D eigenvalue weighted by Gasteiger charge is 2.01. The molecule has 162 valence electrons. The monoisotopic (exact) mass is 422 g/mol. The molecule has 0 amide bonds. The molecular weight excluding hydrogens is 380 g/mol. The van der Waals surface area contributed by atoms with Crippen LogP contribution >= 0.6 is 21.6 Å². The minimum absolute atomic E-state index is 0. The van der Waals surface area contributed by atoms with Crippen molar-refractivity contribution in [2.24, 2.45) is 5.92 Å². The van der Waals surface area contributed by atoms with Gasteiger partial charge in [-0.1, -0.05) is 68.9 Å². The highest BCUT2D eigenvalue weighted by molar-refractivity contribution is 8.76. The van der Waals surface area contributed by atoms with Crippen LogP contribution in [0.3, 0.4) is 0 Å². The Hall–Kier alpha value is -0.0500. The van der Waals surface area contributed by atoms with Crippen molar-refractivity contribution < 1.29 is 14.3 Å². The average Bonchev–Trinajstić information content (AvgIpc) is 2.58. The fourth-order valence-corrected chi connectivity index (χ4v) is 3.47. The summed E-state index contributed by atoms with van der Waals surface area (Å²) in [6, 6.07) is 0.545. The Morgan fingerprint density at radius 1 is 1.07 bits per heavy atom. The maximum Gasteiger partial charge on any atom is 0.146 e. The topological polar surface area (TPSA) is 59.6 Å². The van der Waals surface area contributed by atoms with Crippen molar-refractivity contribution in [1.29, 1.82) is 0 Å². The van der Waals surface area contributed by atoms with E-state index >= 15 is 0 Å². The molecule has 0 aliphatic heterocycles. The van der Waals surface area contributed by atoms with Crippen LogP contribution < -0.4 is 10.6 Å². The first kappa shape index (κ1) is 29.2. The van der Waals surface area contributed by atoms with E-state index in [-0.39, 0.29) is 13.2 Å². The average molecular weight is 423 g/mol. The first-order valence-electron chi connectivity index (χ1n) is 9.54. The maximum atomic E-state index is 11.7. The van der Waals surface area contributed by atoms with E-state index in [4.69, 9.17) is 9.47 Å². The van der Waals surface area contributed by atoms with Gasteiger partial charge in [-0.05, 0) is 12.3 Å². The third-order valence-corrected chi connectivity index (χ3v) is 5.27. The zero-order valence-electron chi connectivity index (χ0n) is 16.9. The predicted octanol–water partition coefficient (Wildman–Crippen LogP) is 4.14. The van der Waals surface area contributed by atoms with Gasteiger partial charge >= 0.3 is 0 Å². The van der Waals surface area contributed by atoms with E-state index in [1.807, 2.05) is 16.9 Å². The van der Waals surface area contributed by atoms with Gasteiger partial charge in [0.15, 0.2) is 0 Å². The van der Waals surface area contributed by atoms with Gasteiger partial charge in [-0.15, -0.1) is 0 Å². The Balaban J connectivity index is 0. The minimum atomic E-state index is 0. The molecule has 0 bridgehead atoms. The van der Waals surface area contributed by atoms with E-state index in [9.17, 15) is 4.79 Å². The molecule has 0 unspecified atom stereocenters. The molecule has 27 heavy (non-hydrogen) atoms. The number of ketones is 1.